The maximum Gasteiger partial charge on any atom is 0.316 e. The first-order chi connectivity index (χ1) is 12.9. The molecule has 146 valence electrons. The largest absolute Gasteiger partial charge is 0.497 e. The third-order valence-electron chi connectivity index (χ3n) is 6.09. The fourth-order valence-corrected chi connectivity index (χ4v) is 4.61. The van der Waals surface area contributed by atoms with Crippen LogP contribution in [0.3, 0.4) is 0 Å². The Hall–Kier alpha value is -2.23. The highest BCUT2D eigenvalue weighted by molar-refractivity contribution is 5.77. The van der Waals surface area contributed by atoms with Crippen molar-refractivity contribution in [1.82, 2.24) is 0 Å². The van der Waals surface area contributed by atoms with Gasteiger partial charge in [0.05, 0.1) is 27.2 Å². The van der Waals surface area contributed by atoms with Crippen LogP contribution in [0.2, 0.25) is 0 Å². The standard InChI is InChI=1S/C23H30O4/c1-23(2)12-6-7-18-17(10-8-15(13-20(18)23)22(24)27-5)19-14-16(25-3)9-11-21(19)26-4/h8-11,13-15,17-18H,6-7,12H2,1-5H3/t15-,17+,18+/m0/s1. The van der Waals surface area contributed by atoms with Crippen molar-refractivity contribution in [2.45, 2.75) is 39.0 Å². The molecule has 0 radical (unpaired) electrons. The van der Waals surface area contributed by atoms with E-state index in [1.54, 1.807) is 14.2 Å². The van der Waals surface area contributed by atoms with Crippen molar-refractivity contribution < 1.29 is 19.0 Å². The number of methoxy groups -OCH3 is 3. The average molecular weight is 370 g/mol. The van der Waals surface area contributed by atoms with Crippen molar-refractivity contribution in [3.63, 3.8) is 0 Å². The minimum atomic E-state index is -0.341. The Kier molecular flexibility index (Phi) is 5.64. The second kappa shape index (κ2) is 7.79. The summed E-state index contributed by atoms with van der Waals surface area (Å²) < 4.78 is 16.2. The monoisotopic (exact) mass is 370 g/mol. The van der Waals surface area contributed by atoms with Gasteiger partial charge >= 0.3 is 5.97 Å². The summed E-state index contributed by atoms with van der Waals surface area (Å²) in [7, 11) is 4.83. The van der Waals surface area contributed by atoms with Gasteiger partial charge < -0.3 is 14.2 Å². The third kappa shape index (κ3) is 3.76. The Morgan fingerprint density at radius 2 is 1.89 bits per heavy atom. The molecule has 1 fully saturated rings. The molecule has 0 N–H and O–H groups in total. The summed E-state index contributed by atoms with van der Waals surface area (Å²) in [6, 6.07) is 5.94. The SMILES string of the molecule is COC(=O)[C@H]1C=C[C@@H](c2cc(OC)ccc2OC)[C@H]2CCCC(C)(C)C2=C1. The van der Waals surface area contributed by atoms with Gasteiger partial charge in [0.25, 0.3) is 0 Å². The number of esters is 1. The Balaban J connectivity index is 2.13. The van der Waals surface area contributed by atoms with Crippen molar-refractivity contribution in [2.24, 2.45) is 17.3 Å². The number of carbonyl (C=O) groups excluding carboxylic acids is 1. The van der Waals surface area contributed by atoms with Crippen LogP contribution in [-0.4, -0.2) is 27.3 Å². The van der Waals surface area contributed by atoms with Crippen LogP contribution in [0, 0.1) is 17.3 Å². The average Bonchev–Trinajstić information content (AvgIpc) is 2.87. The second-order valence-electron chi connectivity index (χ2n) is 8.07. The summed E-state index contributed by atoms with van der Waals surface area (Å²) in [4.78, 5) is 12.3. The summed E-state index contributed by atoms with van der Waals surface area (Å²) in [5.41, 5.74) is 2.52. The van der Waals surface area contributed by atoms with E-state index in [0.29, 0.717) is 5.92 Å². The lowest BCUT2D eigenvalue weighted by Crippen LogP contribution is -2.30. The molecule has 0 saturated heterocycles. The molecule has 0 aromatic heterocycles. The van der Waals surface area contributed by atoms with Crippen molar-refractivity contribution >= 4 is 5.97 Å². The molecule has 0 heterocycles. The van der Waals surface area contributed by atoms with Gasteiger partial charge in [-0.25, -0.2) is 0 Å². The number of fused-ring (bicyclic) bond motifs is 1. The summed E-state index contributed by atoms with van der Waals surface area (Å²) in [6.07, 6.45) is 9.68. The van der Waals surface area contributed by atoms with Crippen LogP contribution in [0.4, 0.5) is 0 Å². The minimum absolute atomic E-state index is 0.0611. The zero-order valence-corrected chi connectivity index (χ0v) is 17.0. The highest BCUT2D eigenvalue weighted by Crippen LogP contribution is 2.52. The zero-order valence-electron chi connectivity index (χ0n) is 17.0. The fourth-order valence-electron chi connectivity index (χ4n) is 4.61. The van der Waals surface area contributed by atoms with E-state index in [0.717, 1.165) is 29.9 Å². The molecule has 0 spiro atoms. The maximum atomic E-state index is 12.3. The molecule has 1 saturated carbocycles. The fraction of sp³-hybridized carbons (Fsp3) is 0.522. The van der Waals surface area contributed by atoms with E-state index in [4.69, 9.17) is 14.2 Å². The molecular weight excluding hydrogens is 340 g/mol. The van der Waals surface area contributed by atoms with E-state index >= 15 is 0 Å². The van der Waals surface area contributed by atoms with E-state index in [-0.39, 0.29) is 23.2 Å². The quantitative estimate of drug-likeness (QED) is 0.559. The lowest BCUT2D eigenvalue weighted by Gasteiger charge is -2.41. The summed E-state index contributed by atoms with van der Waals surface area (Å²) in [5.74, 6) is 1.58. The first-order valence-corrected chi connectivity index (χ1v) is 9.61. The van der Waals surface area contributed by atoms with Crippen molar-refractivity contribution in [2.75, 3.05) is 21.3 Å². The number of rotatable bonds is 4. The molecule has 1 aromatic carbocycles. The highest BCUT2D eigenvalue weighted by Gasteiger charge is 2.40. The maximum absolute atomic E-state index is 12.3. The lowest BCUT2D eigenvalue weighted by atomic mass is 9.63. The summed E-state index contributed by atoms with van der Waals surface area (Å²) in [6.45, 7) is 4.56. The van der Waals surface area contributed by atoms with Gasteiger partial charge in [0, 0.05) is 11.5 Å². The van der Waals surface area contributed by atoms with E-state index in [1.807, 2.05) is 18.2 Å². The Bertz CT molecular complexity index is 760. The first-order valence-electron chi connectivity index (χ1n) is 9.61. The predicted octanol–water partition coefficient (Wildman–Crippen LogP) is 4.90. The third-order valence-corrected chi connectivity index (χ3v) is 6.09. The number of hydrogen-bond donors (Lipinski definition) is 0. The molecule has 1 aromatic rings. The minimum Gasteiger partial charge on any atom is -0.497 e. The van der Waals surface area contributed by atoms with Crippen LogP contribution in [0.1, 0.15) is 44.6 Å². The Labute approximate surface area is 162 Å². The molecule has 3 atom stereocenters. The highest BCUT2D eigenvalue weighted by atomic mass is 16.5. The molecule has 4 nitrogen and oxygen atoms in total. The van der Waals surface area contributed by atoms with Gasteiger partial charge in [0.2, 0.25) is 0 Å². The molecular formula is C23H30O4. The lowest BCUT2D eigenvalue weighted by molar-refractivity contribution is -0.142. The molecule has 27 heavy (non-hydrogen) atoms. The van der Waals surface area contributed by atoms with Crippen LogP contribution < -0.4 is 9.47 Å². The molecule has 0 amide bonds. The van der Waals surface area contributed by atoms with Crippen molar-refractivity contribution in [3.05, 3.63) is 47.6 Å². The van der Waals surface area contributed by atoms with Gasteiger partial charge in [-0.3, -0.25) is 4.79 Å². The van der Waals surface area contributed by atoms with Crippen LogP contribution in [0.15, 0.2) is 42.0 Å². The Morgan fingerprint density at radius 3 is 2.56 bits per heavy atom. The van der Waals surface area contributed by atoms with Crippen LogP contribution in [-0.2, 0) is 9.53 Å². The van der Waals surface area contributed by atoms with E-state index in [9.17, 15) is 4.79 Å². The second-order valence-corrected chi connectivity index (χ2v) is 8.07. The molecule has 3 rings (SSSR count). The smallest absolute Gasteiger partial charge is 0.316 e. The number of carbonyl (C=O) groups is 1. The predicted molar refractivity (Wildman–Crippen MR) is 106 cm³/mol. The van der Waals surface area contributed by atoms with Crippen LogP contribution >= 0.6 is 0 Å². The Morgan fingerprint density at radius 1 is 1.11 bits per heavy atom. The topological polar surface area (TPSA) is 44.8 Å². The van der Waals surface area contributed by atoms with E-state index in [2.05, 4.69) is 32.1 Å². The van der Waals surface area contributed by atoms with E-state index < -0.39 is 0 Å². The molecule has 2 aliphatic carbocycles. The number of hydrogen-bond acceptors (Lipinski definition) is 4. The number of benzene rings is 1. The van der Waals surface area contributed by atoms with E-state index in [1.165, 1.54) is 19.1 Å². The molecule has 0 bridgehead atoms. The zero-order chi connectivity index (χ0) is 19.6. The summed E-state index contributed by atoms with van der Waals surface area (Å²) in [5, 5.41) is 0. The summed E-state index contributed by atoms with van der Waals surface area (Å²) >= 11 is 0. The van der Waals surface area contributed by atoms with Gasteiger partial charge in [-0.15, -0.1) is 0 Å². The van der Waals surface area contributed by atoms with Crippen LogP contribution in [0.25, 0.3) is 0 Å². The molecule has 0 aliphatic heterocycles. The number of allylic oxidation sites excluding steroid dienone is 2. The number of ether oxygens (including phenoxy) is 3. The van der Waals surface area contributed by atoms with Gasteiger partial charge in [-0.05, 0) is 42.4 Å². The molecule has 4 heteroatoms. The normalized spacial score (nSPS) is 26.4. The van der Waals surface area contributed by atoms with Gasteiger partial charge in [0.15, 0.2) is 0 Å². The molecule has 0 unspecified atom stereocenters. The van der Waals surface area contributed by atoms with Gasteiger partial charge in [-0.2, -0.15) is 0 Å². The van der Waals surface area contributed by atoms with Crippen LogP contribution in [0.5, 0.6) is 11.5 Å². The van der Waals surface area contributed by atoms with Crippen molar-refractivity contribution in [1.29, 1.82) is 0 Å². The van der Waals surface area contributed by atoms with Gasteiger partial charge in [-0.1, -0.05) is 44.1 Å². The van der Waals surface area contributed by atoms with Gasteiger partial charge in [0.1, 0.15) is 11.5 Å². The van der Waals surface area contributed by atoms with Crippen molar-refractivity contribution in [3.8, 4) is 11.5 Å². The molecule has 2 aliphatic rings. The first kappa shape index (κ1) is 19.5.